The quantitative estimate of drug-likeness (QED) is 0.918. The zero-order valence-electron chi connectivity index (χ0n) is 12.4. The van der Waals surface area contributed by atoms with Crippen molar-refractivity contribution in [1.29, 1.82) is 0 Å². The van der Waals surface area contributed by atoms with Crippen LogP contribution >= 0.6 is 11.3 Å². The van der Waals surface area contributed by atoms with Crippen LogP contribution < -0.4 is 5.32 Å². The Morgan fingerprint density at radius 3 is 2.74 bits per heavy atom. The number of sulfonamides is 1. The summed E-state index contributed by atoms with van der Waals surface area (Å²) in [6, 6.07) is 4.89. The van der Waals surface area contributed by atoms with Crippen LogP contribution in [0.5, 0.6) is 0 Å². The molecule has 1 aliphatic heterocycles. The van der Waals surface area contributed by atoms with E-state index in [1.807, 2.05) is 0 Å². The summed E-state index contributed by atoms with van der Waals surface area (Å²) in [5.74, 6) is -0.330. The molecule has 0 spiro atoms. The van der Waals surface area contributed by atoms with Crippen LogP contribution in [0.15, 0.2) is 40.9 Å². The highest BCUT2D eigenvalue weighted by Crippen LogP contribution is 2.25. The standard InChI is InChI=1S/C15H17N3O3S2/c19-15(17-12-5-4-6-16-10-12)14-9-13(11-22-14)23(20,21)18-7-2-1-3-8-18/h4-6,9-11H,1-3,7-8H2,(H,17,19). The van der Waals surface area contributed by atoms with Gasteiger partial charge in [0.1, 0.15) is 0 Å². The third-order valence-corrected chi connectivity index (χ3v) is 6.63. The van der Waals surface area contributed by atoms with Gasteiger partial charge in [0, 0.05) is 24.7 Å². The first-order chi connectivity index (χ1) is 11.1. The first-order valence-electron chi connectivity index (χ1n) is 7.37. The Bertz CT molecular complexity index is 781. The van der Waals surface area contributed by atoms with E-state index < -0.39 is 10.0 Å². The van der Waals surface area contributed by atoms with Crippen LogP contribution in [0.2, 0.25) is 0 Å². The number of nitrogens with zero attached hydrogens (tertiary/aromatic N) is 2. The van der Waals surface area contributed by atoms with Crippen molar-refractivity contribution in [2.75, 3.05) is 18.4 Å². The van der Waals surface area contributed by atoms with Crippen molar-refractivity contribution < 1.29 is 13.2 Å². The molecule has 1 fully saturated rings. The maximum absolute atomic E-state index is 12.6. The predicted octanol–water partition coefficient (Wildman–Crippen LogP) is 2.57. The maximum atomic E-state index is 12.6. The molecule has 0 atom stereocenters. The highest BCUT2D eigenvalue weighted by atomic mass is 32.2. The molecule has 6 nitrogen and oxygen atoms in total. The number of hydrogen-bond acceptors (Lipinski definition) is 5. The van der Waals surface area contributed by atoms with Gasteiger partial charge in [0.15, 0.2) is 0 Å². The van der Waals surface area contributed by atoms with Crippen LogP contribution in [-0.4, -0.2) is 36.7 Å². The van der Waals surface area contributed by atoms with E-state index in [9.17, 15) is 13.2 Å². The second kappa shape index (κ2) is 6.77. The van der Waals surface area contributed by atoms with Gasteiger partial charge in [-0.2, -0.15) is 4.31 Å². The Hall–Kier alpha value is -1.77. The third kappa shape index (κ3) is 3.60. The van der Waals surface area contributed by atoms with Gasteiger partial charge in [-0.15, -0.1) is 11.3 Å². The van der Waals surface area contributed by atoms with Crippen LogP contribution in [0.25, 0.3) is 0 Å². The SMILES string of the molecule is O=C(Nc1cccnc1)c1cc(S(=O)(=O)N2CCCCC2)cs1. The Labute approximate surface area is 139 Å². The molecule has 0 aliphatic carbocycles. The number of amides is 1. The van der Waals surface area contributed by atoms with Crippen LogP contribution in [0, 0.1) is 0 Å². The molecule has 0 radical (unpaired) electrons. The molecule has 0 aromatic carbocycles. The van der Waals surface area contributed by atoms with Gasteiger partial charge in [0.05, 0.1) is 21.7 Å². The summed E-state index contributed by atoms with van der Waals surface area (Å²) in [5, 5.41) is 4.23. The van der Waals surface area contributed by atoms with Crippen molar-refractivity contribution in [1.82, 2.24) is 9.29 Å². The van der Waals surface area contributed by atoms with Gasteiger partial charge in [-0.25, -0.2) is 8.42 Å². The monoisotopic (exact) mass is 351 g/mol. The normalized spacial score (nSPS) is 16.2. The molecule has 1 saturated heterocycles. The Kier molecular flexibility index (Phi) is 4.74. The van der Waals surface area contributed by atoms with E-state index in [1.165, 1.54) is 21.9 Å². The minimum Gasteiger partial charge on any atom is -0.320 e. The fourth-order valence-corrected chi connectivity index (χ4v) is 5.13. The first-order valence-corrected chi connectivity index (χ1v) is 9.69. The number of rotatable bonds is 4. The largest absolute Gasteiger partial charge is 0.320 e. The average Bonchev–Trinajstić information content (AvgIpc) is 3.07. The molecule has 8 heteroatoms. The molecular formula is C15H17N3O3S2. The minimum absolute atomic E-state index is 0.195. The summed E-state index contributed by atoms with van der Waals surface area (Å²) in [6.45, 7) is 1.10. The van der Waals surface area contributed by atoms with Crippen LogP contribution in [-0.2, 0) is 10.0 Å². The van der Waals surface area contributed by atoms with Crippen molar-refractivity contribution in [3.05, 3.63) is 40.8 Å². The van der Waals surface area contributed by atoms with Gasteiger partial charge >= 0.3 is 0 Å². The highest BCUT2D eigenvalue weighted by molar-refractivity contribution is 7.89. The number of pyridine rings is 1. The minimum atomic E-state index is -3.50. The number of nitrogens with one attached hydrogen (secondary N) is 1. The number of thiophene rings is 1. The first kappa shape index (κ1) is 16.1. The number of anilines is 1. The number of aromatic nitrogens is 1. The second-order valence-electron chi connectivity index (χ2n) is 5.31. The molecule has 2 aromatic rings. The van der Waals surface area contributed by atoms with Crippen molar-refractivity contribution in [2.45, 2.75) is 24.2 Å². The van der Waals surface area contributed by atoms with Crippen LogP contribution in [0.3, 0.4) is 0 Å². The van der Waals surface area contributed by atoms with E-state index in [0.29, 0.717) is 23.7 Å². The van der Waals surface area contributed by atoms with Crippen molar-refractivity contribution in [2.24, 2.45) is 0 Å². The molecule has 1 aliphatic rings. The zero-order valence-corrected chi connectivity index (χ0v) is 14.1. The maximum Gasteiger partial charge on any atom is 0.265 e. The Morgan fingerprint density at radius 1 is 1.26 bits per heavy atom. The van der Waals surface area contributed by atoms with E-state index in [4.69, 9.17) is 0 Å². The molecule has 3 rings (SSSR count). The number of hydrogen-bond donors (Lipinski definition) is 1. The van der Waals surface area contributed by atoms with Crippen LogP contribution in [0.1, 0.15) is 28.9 Å². The smallest absolute Gasteiger partial charge is 0.265 e. The molecule has 2 aromatic heterocycles. The fraction of sp³-hybridized carbons (Fsp3) is 0.333. The summed E-state index contributed by atoms with van der Waals surface area (Å²) >= 11 is 1.13. The molecule has 122 valence electrons. The van der Waals surface area contributed by atoms with Gasteiger partial charge in [0.2, 0.25) is 10.0 Å². The van der Waals surface area contributed by atoms with Gasteiger partial charge in [-0.05, 0) is 31.0 Å². The number of carbonyl (C=O) groups is 1. The number of piperidine rings is 1. The van der Waals surface area contributed by atoms with E-state index >= 15 is 0 Å². The zero-order chi connectivity index (χ0) is 16.3. The van der Waals surface area contributed by atoms with Crippen LogP contribution in [0.4, 0.5) is 5.69 Å². The molecule has 23 heavy (non-hydrogen) atoms. The lowest BCUT2D eigenvalue weighted by atomic mass is 10.2. The van der Waals surface area contributed by atoms with E-state index in [2.05, 4.69) is 10.3 Å². The van der Waals surface area contributed by atoms with Crippen molar-refractivity contribution >= 4 is 33.0 Å². The summed E-state index contributed by atoms with van der Waals surface area (Å²) in [7, 11) is -3.50. The average molecular weight is 351 g/mol. The molecular weight excluding hydrogens is 334 g/mol. The molecule has 1 amide bonds. The summed E-state index contributed by atoms with van der Waals surface area (Å²) < 4.78 is 26.6. The van der Waals surface area contributed by atoms with Gasteiger partial charge in [0.25, 0.3) is 5.91 Å². The summed E-state index contributed by atoms with van der Waals surface area (Å²) in [5.41, 5.74) is 0.575. The predicted molar refractivity (Wildman–Crippen MR) is 89.1 cm³/mol. The lowest BCUT2D eigenvalue weighted by Crippen LogP contribution is -2.35. The Balaban J connectivity index is 1.76. The lowest BCUT2D eigenvalue weighted by Gasteiger charge is -2.25. The fourth-order valence-electron chi connectivity index (χ4n) is 2.46. The summed E-state index contributed by atoms with van der Waals surface area (Å²) in [4.78, 5) is 16.7. The second-order valence-corrected chi connectivity index (χ2v) is 8.16. The molecule has 3 heterocycles. The topological polar surface area (TPSA) is 79.4 Å². The van der Waals surface area contributed by atoms with E-state index in [1.54, 1.807) is 18.3 Å². The molecule has 0 unspecified atom stereocenters. The molecule has 0 saturated carbocycles. The van der Waals surface area contributed by atoms with Crippen molar-refractivity contribution in [3.8, 4) is 0 Å². The number of carbonyl (C=O) groups excluding carboxylic acids is 1. The van der Waals surface area contributed by atoms with Gasteiger partial charge < -0.3 is 5.32 Å². The van der Waals surface area contributed by atoms with E-state index in [-0.39, 0.29) is 10.8 Å². The highest BCUT2D eigenvalue weighted by Gasteiger charge is 2.27. The molecule has 1 N–H and O–H groups in total. The van der Waals surface area contributed by atoms with E-state index in [0.717, 1.165) is 30.6 Å². The Morgan fingerprint density at radius 2 is 2.04 bits per heavy atom. The molecule has 0 bridgehead atoms. The lowest BCUT2D eigenvalue weighted by molar-refractivity contribution is 0.103. The van der Waals surface area contributed by atoms with Gasteiger partial charge in [-0.1, -0.05) is 6.42 Å². The third-order valence-electron chi connectivity index (χ3n) is 3.67. The summed E-state index contributed by atoms with van der Waals surface area (Å²) in [6.07, 6.45) is 5.99. The van der Waals surface area contributed by atoms with Gasteiger partial charge in [-0.3, -0.25) is 9.78 Å². The van der Waals surface area contributed by atoms with Crippen molar-refractivity contribution in [3.63, 3.8) is 0 Å².